The van der Waals surface area contributed by atoms with Crippen LogP contribution >= 0.6 is 0 Å². The van der Waals surface area contributed by atoms with Gasteiger partial charge in [-0.1, -0.05) is 13.8 Å². The highest BCUT2D eigenvalue weighted by Gasteiger charge is 2.20. The molecule has 136 valence electrons. The van der Waals surface area contributed by atoms with Crippen molar-refractivity contribution in [1.29, 1.82) is 0 Å². The first kappa shape index (κ1) is 23.6. The lowest BCUT2D eigenvalue weighted by atomic mass is 10.1. The first-order valence-electron chi connectivity index (χ1n) is 7.41. The number of hydrogen-bond acceptors (Lipinski definition) is 6. The van der Waals surface area contributed by atoms with Gasteiger partial charge in [0.05, 0.1) is 0 Å². The van der Waals surface area contributed by atoms with Crippen molar-refractivity contribution in [3.05, 3.63) is 0 Å². The number of carbonyl (C=O) groups is 3. The van der Waals surface area contributed by atoms with Gasteiger partial charge in [0.25, 0.3) is 0 Å². The van der Waals surface area contributed by atoms with Crippen molar-refractivity contribution in [2.45, 2.75) is 58.2 Å². The molecule has 9 heteroatoms. The van der Waals surface area contributed by atoms with Gasteiger partial charge in [-0.2, -0.15) is 0 Å². The van der Waals surface area contributed by atoms with Gasteiger partial charge in [0, 0.05) is 0 Å². The Kier molecular flexibility index (Phi) is 13.1. The van der Waals surface area contributed by atoms with Crippen LogP contribution in [0, 0.1) is 5.92 Å². The SMILES string of the molecule is CC(C)CC(N)C(=O)O.CC(N)C(=O)O.O=C(O)C1CCCN1. The van der Waals surface area contributed by atoms with Crippen molar-refractivity contribution in [3.8, 4) is 0 Å². The molecule has 1 aliphatic heterocycles. The molecule has 23 heavy (non-hydrogen) atoms. The average Bonchev–Trinajstić information content (AvgIpc) is 2.93. The molecule has 0 amide bonds. The van der Waals surface area contributed by atoms with Crippen LogP contribution in [0.4, 0.5) is 0 Å². The fourth-order valence-corrected chi connectivity index (χ4v) is 1.50. The van der Waals surface area contributed by atoms with Gasteiger partial charge in [0.2, 0.25) is 0 Å². The minimum atomic E-state index is -0.963. The molecule has 0 bridgehead atoms. The smallest absolute Gasteiger partial charge is 0.320 e. The van der Waals surface area contributed by atoms with E-state index in [1.165, 1.54) is 6.92 Å². The molecule has 0 radical (unpaired) electrons. The van der Waals surface area contributed by atoms with Gasteiger partial charge >= 0.3 is 17.9 Å². The average molecular weight is 335 g/mol. The van der Waals surface area contributed by atoms with Crippen molar-refractivity contribution >= 4 is 17.9 Å². The Morgan fingerprint density at radius 1 is 1.09 bits per heavy atom. The Bertz CT molecular complexity index is 368. The van der Waals surface area contributed by atoms with E-state index in [0.29, 0.717) is 12.3 Å². The molecule has 1 rings (SSSR count). The minimum absolute atomic E-state index is 0.269. The van der Waals surface area contributed by atoms with E-state index in [4.69, 9.17) is 26.8 Å². The maximum Gasteiger partial charge on any atom is 0.320 e. The summed E-state index contributed by atoms with van der Waals surface area (Å²) >= 11 is 0. The van der Waals surface area contributed by atoms with E-state index in [9.17, 15) is 14.4 Å². The third-order valence-electron chi connectivity index (χ3n) is 2.79. The Morgan fingerprint density at radius 3 is 1.70 bits per heavy atom. The number of hydrogen-bond donors (Lipinski definition) is 6. The Balaban J connectivity index is 0. The number of rotatable bonds is 5. The number of nitrogens with two attached hydrogens (primary N) is 2. The number of carboxylic acids is 3. The van der Waals surface area contributed by atoms with Crippen LogP contribution in [0.5, 0.6) is 0 Å². The summed E-state index contributed by atoms with van der Waals surface area (Å²) in [5.74, 6) is -2.24. The summed E-state index contributed by atoms with van der Waals surface area (Å²) in [6.07, 6.45) is 2.33. The molecule has 0 aromatic heterocycles. The molecule has 0 aromatic rings. The molecule has 1 saturated heterocycles. The van der Waals surface area contributed by atoms with E-state index >= 15 is 0 Å². The minimum Gasteiger partial charge on any atom is -0.480 e. The van der Waals surface area contributed by atoms with Crippen LogP contribution in [0.1, 0.15) is 40.0 Å². The first-order chi connectivity index (χ1) is 10.5. The Hall–Kier alpha value is -1.71. The fourth-order valence-electron chi connectivity index (χ4n) is 1.50. The summed E-state index contributed by atoms with van der Waals surface area (Å²) < 4.78 is 0. The van der Waals surface area contributed by atoms with E-state index in [1.54, 1.807) is 0 Å². The zero-order valence-corrected chi connectivity index (χ0v) is 13.9. The van der Waals surface area contributed by atoms with Crippen LogP contribution in [0.25, 0.3) is 0 Å². The second-order valence-electron chi connectivity index (χ2n) is 5.69. The van der Waals surface area contributed by atoms with E-state index in [-0.39, 0.29) is 6.04 Å². The van der Waals surface area contributed by atoms with Gasteiger partial charge in [0.15, 0.2) is 0 Å². The molecular formula is C14H29N3O6. The second kappa shape index (κ2) is 12.8. The summed E-state index contributed by atoms with van der Waals surface area (Å²) in [4.78, 5) is 29.8. The molecule has 0 spiro atoms. The van der Waals surface area contributed by atoms with E-state index in [2.05, 4.69) is 5.32 Å². The van der Waals surface area contributed by atoms with Gasteiger partial charge in [-0.25, -0.2) is 0 Å². The monoisotopic (exact) mass is 335 g/mol. The molecule has 9 nitrogen and oxygen atoms in total. The molecular weight excluding hydrogens is 306 g/mol. The van der Waals surface area contributed by atoms with Gasteiger partial charge in [-0.15, -0.1) is 0 Å². The molecule has 0 aliphatic carbocycles. The van der Waals surface area contributed by atoms with Crippen LogP contribution in [-0.2, 0) is 14.4 Å². The lowest BCUT2D eigenvalue weighted by Gasteiger charge is -2.07. The quantitative estimate of drug-likeness (QED) is 0.393. The van der Waals surface area contributed by atoms with Gasteiger partial charge in [-0.05, 0) is 38.6 Å². The van der Waals surface area contributed by atoms with Crippen molar-refractivity contribution < 1.29 is 29.7 Å². The maximum absolute atomic E-state index is 10.1. The lowest BCUT2D eigenvalue weighted by Crippen LogP contribution is -2.31. The predicted molar refractivity (Wildman–Crippen MR) is 85.0 cm³/mol. The molecule has 8 N–H and O–H groups in total. The highest BCUT2D eigenvalue weighted by atomic mass is 16.4. The van der Waals surface area contributed by atoms with Crippen LogP contribution in [-0.4, -0.2) is 57.9 Å². The van der Waals surface area contributed by atoms with Crippen molar-refractivity contribution in [2.24, 2.45) is 17.4 Å². The third kappa shape index (κ3) is 15.0. The highest BCUT2D eigenvalue weighted by Crippen LogP contribution is 2.03. The normalized spacial score (nSPS) is 18.8. The van der Waals surface area contributed by atoms with Gasteiger partial charge in [-0.3, -0.25) is 14.4 Å². The van der Waals surface area contributed by atoms with E-state index in [0.717, 1.165) is 19.4 Å². The molecule has 3 unspecified atom stereocenters. The topological polar surface area (TPSA) is 176 Å². The Morgan fingerprint density at radius 2 is 1.57 bits per heavy atom. The summed E-state index contributed by atoms with van der Waals surface area (Å²) in [7, 11) is 0. The van der Waals surface area contributed by atoms with E-state index < -0.39 is 30.0 Å². The summed E-state index contributed by atoms with van der Waals surface area (Å²) in [5, 5.41) is 27.4. The molecule has 3 atom stereocenters. The zero-order chi connectivity index (χ0) is 18.6. The number of nitrogens with one attached hydrogen (secondary N) is 1. The predicted octanol–water partition coefficient (Wildman–Crippen LogP) is -0.314. The van der Waals surface area contributed by atoms with Crippen LogP contribution in [0.2, 0.25) is 0 Å². The number of aliphatic carboxylic acids is 3. The molecule has 1 aliphatic rings. The van der Waals surface area contributed by atoms with E-state index in [1.807, 2.05) is 13.8 Å². The first-order valence-corrected chi connectivity index (χ1v) is 7.41. The highest BCUT2D eigenvalue weighted by molar-refractivity contribution is 5.73. The van der Waals surface area contributed by atoms with Crippen molar-refractivity contribution in [2.75, 3.05) is 6.54 Å². The molecule has 1 heterocycles. The van der Waals surface area contributed by atoms with Crippen LogP contribution < -0.4 is 16.8 Å². The molecule has 0 aromatic carbocycles. The Labute approximate surface area is 136 Å². The van der Waals surface area contributed by atoms with Crippen molar-refractivity contribution in [1.82, 2.24) is 5.32 Å². The fraction of sp³-hybridized carbons (Fsp3) is 0.786. The number of carboxylic acid groups (broad SMARTS) is 3. The third-order valence-corrected chi connectivity index (χ3v) is 2.79. The van der Waals surface area contributed by atoms with Crippen molar-refractivity contribution in [3.63, 3.8) is 0 Å². The van der Waals surface area contributed by atoms with Gasteiger partial charge in [0.1, 0.15) is 18.1 Å². The summed E-state index contributed by atoms with van der Waals surface area (Å²) in [6, 6.07) is -1.69. The standard InChI is InChI=1S/C6H13NO2.C5H9NO2.C3H7NO2/c1-4(2)3-5(7)6(8)9;7-5(8)4-2-1-3-6-4;1-2(4)3(5)6/h4-5H,3,7H2,1-2H3,(H,8,9);4,6H,1-3H2,(H,7,8);2H,4H2,1H3,(H,5,6). The largest absolute Gasteiger partial charge is 0.480 e. The van der Waals surface area contributed by atoms with Crippen LogP contribution in [0.15, 0.2) is 0 Å². The lowest BCUT2D eigenvalue weighted by molar-refractivity contribution is -0.139. The second-order valence-corrected chi connectivity index (χ2v) is 5.69. The molecule has 1 fully saturated rings. The maximum atomic E-state index is 10.1. The molecule has 0 saturated carbocycles. The zero-order valence-electron chi connectivity index (χ0n) is 13.9. The van der Waals surface area contributed by atoms with Crippen LogP contribution in [0.3, 0.4) is 0 Å². The van der Waals surface area contributed by atoms with Gasteiger partial charge < -0.3 is 32.1 Å². The summed E-state index contributed by atoms with van der Waals surface area (Å²) in [5.41, 5.74) is 10.1. The summed E-state index contributed by atoms with van der Waals surface area (Å²) in [6.45, 7) is 6.17.